The SMILES string of the molecule is O=C(CN(CC1CCCO1)C1CCS(=O)(=O)C1)Nc1ccc(C(F)(F)F)cc1. The second-order valence-electron chi connectivity index (χ2n) is 7.24. The molecule has 6 nitrogen and oxygen atoms in total. The van der Waals surface area contributed by atoms with Crippen molar-refractivity contribution in [3.63, 3.8) is 0 Å². The van der Waals surface area contributed by atoms with Crippen molar-refractivity contribution in [3.8, 4) is 0 Å². The summed E-state index contributed by atoms with van der Waals surface area (Å²) in [4.78, 5) is 14.3. The number of ether oxygens (including phenoxy) is 1. The molecule has 0 aliphatic carbocycles. The van der Waals surface area contributed by atoms with Crippen LogP contribution in [0, 0.1) is 0 Å². The van der Waals surface area contributed by atoms with Gasteiger partial charge in [-0.1, -0.05) is 0 Å². The average molecular weight is 420 g/mol. The summed E-state index contributed by atoms with van der Waals surface area (Å²) in [6.45, 7) is 1.07. The van der Waals surface area contributed by atoms with Gasteiger partial charge in [0.15, 0.2) is 9.84 Å². The Morgan fingerprint density at radius 1 is 1.21 bits per heavy atom. The fourth-order valence-corrected chi connectivity index (χ4v) is 5.35. The molecule has 1 aromatic rings. The molecule has 3 rings (SSSR count). The van der Waals surface area contributed by atoms with Crippen LogP contribution in [0.1, 0.15) is 24.8 Å². The largest absolute Gasteiger partial charge is 0.416 e. The number of halogens is 3. The van der Waals surface area contributed by atoms with Gasteiger partial charge in [-0.05, 0) is 43.5 Å². The lowest BCUT2D eigenvalue weighted by Crippen LogP contribution is -2.45. The number of hydrogen-bond acceptors (Lipinski definition) is 5. The zero-order valence-corrected chi connectivity index (χ0v) is 16.1. The van der Waals surface area contributed by atoms with E-state index in [1.54, 1.807) is 0 Å². The minimum Gasteiger partial charge on any atom is -0.377 e. The van der Waals surface area contributed by atoms with Crippen molar-refractivity contribution in [3.05, 3.63) is 29.8 Å². The van der Waals surface area contributed by atoms with Crippen LogP contribution >= 0.6 is 0 Å². The molecule has 1 N–H and O–H groups in total. The van der Waals surface area contributed by atoms with E-state index < -0.39 is 27.5 Å². The van der Waals surface area contributed by atoms with Crippen LogP contribution in [0.25, 0.3) is 0 Å². The predicted octanol–water partition coefficient (Wildman–Crippen LogP) is 2.31. The van der Waals surface area contributed by atoms with Gasteiger partial charge in [0, 0.05) is 24.9 Å². The molecule has 1 amide bonds. The Morgan fingerprint density at radius 2 is 1.93 bits per heavy atom. The molecule has 2 aliphatic rings. The van der Waals surface area contributed by atoms with E-state index in [9.17, 15) is 26.4 Å². The summed E-state index contributed by atoms with van der Waals surface area (Å²) in [7, 11) is -3.11. The number of anilines is 1. The fraction of sp³-hybridized carbons (Fsp3) is 0.611. The molecule has 0 bridgehead atoms. The lowest BCUT2D eigenvalue weighted by atomic mass is 10.1. The highest BCUT2D eigenvalue weighted by molar-refractivity contribution is 7.91. The van der Waals surface area contributed by atoms with Gasteiger partial charge >= 0.3 is 6.18 Å². The van der Waals surface area contributed by atoms with Crippen molar-refractivity contribution in [2.75, 3.05) is 36.5 Å². The Kier molecular flexibility index (Phi) is 6.31. The lowest BCUT2D eigenvalue weighted by molar-refractivity contribution is -0.137. The summed E-state index contributed by atoms with van der Waals surface area (Å²) in [5.74, 6) is -0.296. The molecule has 10 heteroatoms. The van der Waals surface area contributed by atoms with Gasteiger partial charge in [-0.2, -0.15) is 13.2 Å². The molecule has 0 saturated carbocycles. The van der Waals surface area contributed by atoms with Gasteiger partial charge in [-0.25, -0.2) is 8.42 Å². The molecular formula is C18H23F3N2O4S. The minimum absolute atomic E-state index is 0.00722. The van der Waals surface area contributed by atoms with Crippen molar-refractivity contribution < 1.29 is 31.1 Å². The van der Waals surface area contributed by atoms with Gasteiger partial charge in [0.05, 0.1) is 29.7 Å². The highest BCUT2D eigenvalue weighted by atomic mass is 32.2. The van der Waals surface area contributed by atoms with Crippen molar-refractivity contribution >= 4 is 21.4 Å². The van der Waals surface area contributed by atoms with Gasteiger partial charge in [-0.15, -0.1) is 0 Å². The quantitative estimate of drug-likeness (QED) is 0.765. The number of hydrogen-bond donors (Lipinski definition) is 1. The zero-order valence-electron chi connectivity index (χ0n) is 15.2. The maximum absolute atomic E-state index is 12.6. The van der Waals surface area contributed by atoms with E-state index in [0.29, 0.717) is 19.6 Å². The Balaban J connectivity index is 1.63. The number of carbonyl (C=O) groups is 1. The van der Waals surface area contributed by atoms with Crippen molar-refractivity contribution in [2.45, 2.75) is 37.6 Å². The topological polar surface area (TPSA) is 75.7 Å². The average Bonchev–Trinajstić information content (AvgIpc) is 3.23. The van der Waals surface area contributed by atoms with E-state index in [-0.39, 0.29) is 35.9 Å². The zero-order chi connectivity index (χ0) is 20.4. The maximum Gasteiger partial charge on any atom is 0.416 e. The van der Waals surface area contributed by atoms with Crippen LogP contribution < -0.4 is 5.32 Å². The molecule has 1 aromatic carbocycles. The first-order valence-corrected chi connectivity index (χ1v) is 11.0. The molecule has 2 saturated heterocycles. The number of sulfone groups is 1. The van der Waals surface area contributed by atoms with E-state index in [1.807, 2.05) is 4.90 Å². The molecule has 2 unspecified atom stereocenters. The van der Waals surface area contributed by atoms with Gasteiger partial charge < -0.3 is 10.1 Å². The number of nitrogens with zero attached hydrogens (tertiary/aromatic N) is 1. The van der Waals surface area contributed by atoms with E-state index in [2.05, 4.69) is 5.32 Å². The van der Waals surface area contributed by atoms with E-state index in [1.165, 1.54) is 12.1 Å². The van der Waals surface area contributed by atoms with E-state index in [0.717, 1.165) is 25.0 Å². The Morgan fingerprint density at radius 3 is 2.46 bits per heavy atom. The molecule has 156 valence electrons. The summed E-state index contributed by atoms with van der Waals surface area (Å²) in [6, 6.07) is 3.95. The van der Waals surface area contributed by atoms with Crippen LogP contribution in [0.4, 0.5) is 18.9 Å². The van der Waals surface area contributed by atoms with Gasteiger partial charge in [-0.3, -0.25) is 9.69 Å². The summed E-state index contributed by atoms with van der Waals surface area (Å²) in [6.07, 6.45) is -2.23. The number of nitrogens with one attached hydrogen (secondary N) is 1. The monoisotopic (exact) mass is 420 g/mol. The second kappa shape index (κ2) is 8.38. The predicted molar refractivity (Wildman–Crippen MR) is 97.7 cm³/mol. The van der Waals surface area contributed by atoms with E-state index >= 15 is 0 Å². The summed E-state index contributed by atoms with van der Waals surface area (Å²) < 4.78 is 67.1. The second-order valence-corrected chi connectivity index (χ2v) is 9.47. The summed E-state index contributed by atoms with van der Waals surface area (Å²) in [5, 5.41) is 2.58. The van der Waals surface area contributed by atoms with Gasteiger partial charge in [0.2, 0.25) is 5.91 Å². The van der Waals surface area contributed by atoms with Gasteiger partial charge in [0.25, 0.3) is 0 Å². The molecule has 2 heterocycles. The smallest absolute Gasteiger partial charge is 0.377 e. The maximum atomic E-state index is 12.6. The third-order valence-electron chi connectivity index (χ3n) is 5.03. The van der Waals surface area contributed by atoms with Crippen LogP contribution in [0.15, 0.2) is 24.3 Å². The molecule has 2 aliphatic heterocycles. The Bertz CT molecular complexity index is 790. The number of benzene rings is 1. The van der Waals surface area contributed by atoms with Crippen LogP contribution in [0.2, 0.25) is 0 Å². The number of rotatable bonds is 6. The molecular weight excluding hydrogens is 397 g/mol. The molecule has 0 spiro atoms. The van der Waals surface area contributed by atoms with Crippen molar-refractivity contribution in [1.82, 2.24) is 4.90 Å². The number of carbonyl (C=O) groups excluding carboxylic acids is 1. The summed E-state index contributed by atoms with van der Waals surface area (Å²) in [5.41, 5.74) is -0.532. The highest BCUT2D eigenvalue weighted by Gasteiger charge is 2.35. The first-order valence-electron chi connectivity index (χ1n) is 9.15. The molecule has 2 fully saturated rings. The van der Waals surface area contributed by atoms with Crippen molar-refractivity contribution in [2.24, 2.45) is 0 Å². The molecule has 2 atom stereocenters. The normalized spacial score (nSPS) is 24.6. The van der Waals surface area contributed by atoms with E-state index in [4.69, 9.17) is 4.74 Å². The Hall–Kier alpha value is -1.65. The first-order chi connectivity index (χ1) is 13.1. The minimum atomic E-state index is -4.44. The molecule has 28 heavy (non-hydrogen) atoms. The highest BCUT2D eigenvalue weighted by Crippen LogP contribution is 2.30. The van der Waals surface area contributed by atoms with Crippen LogP contribution in [-0.2, 0) is 25.5 Å². The third-order valence-corrected chi connectivity index (χ3v) is 6.78. The van der Waals surface area contributed by atoms with Crippen LogP contribution in [-0.4, -0.2) is 62.6 Å². The fourth-order valence-electron chi connectivity index (χ4n) is 3.58. The Labute approximate surface area is 162 Å². The number of amides is 1. The summed E-state index contributed by atoms with van der Waals surface area (Å²) >= 11 is 0. The standard InChI is InChI=1S/C18H23F3N2O4S/c19-18(20,21)13-3-5-14(6-4-13)22-17(24)11-23(10-16-2-1-8-27-16)15-7-9-28(25,26)12-15/h3-6,15-16H,1-2,7-12H2,(H,22,24). The van der Waals surface area contributed by atoms with Gasteiger partial charge in [0.1, 0.15) is 0 Å². The number of alkyl halides is 3. The first kappa shape index (κ1) is 21.1. The van der Waals surface area contributed by atoms with Crippen molar-refractivity contribution in [1.29, 1.82) is 0 Å². The molecule has 0 radical (unpaired) electrons. The van der Waals surface area contributed by atoms with Crippen LogP contribution in [0.3, 0.4) is 0 Å². The lowest BCUT2D eigenvalue weighted by Gasteiger charge is -2.29. The molecule has 0 aromatic heterocycles. The third kappa shape index (κ3) is 5.68. The van der Waals surface area contributed by atoms with Crippen LogP contribution in [0.5, 0.6) is 0 Å².